The van der Waals surface area contributed by atoms with Crippen molar-refractivity contribution < 1.29 is 18.1 Å². The van der Waals surface area contributed by atoms with E-state index in [9.17, 15) is 18.5 Å². The number of sulfone groups is 1. The van der Waals surface area contributed by atoms with Crippen LogP contribution in [0.15, 0.2) is 23.1 Å². The van der Waals surface area contributed by atoms with E-state index in [1.165, 1.54) is 12.1 Å². The van der Waals surface area contributed by atoms with Crippen LogP contribution in [0.5, 0.6) is 0 Å². The number of anilines is 1. The maximum atomic E-state index is 11.7. The lowest BCUT2D eigenvalue weighted by Crippen LogP contribution is -2.31. The first kappa shape index (κ1) is 14.7. The van der Waals surface area contributed by atoms with Crippen LogP contribution in [0.1, 0.15) is 6.42 Å². The van der Waals surface area contributed by atoms with Crippen molar-refractivity contribution in [1.29, 1.82) is 0 Å². The van der Waals surface area contributed by atoms with Crippen molar-refractivity contribution in [2.45, 2.75) is 17.4 Å². The molecule has 1 heterocycles. The Hall–Kier alpha value is -1.67. The Kier molecular flexibility index (Phi) is 3.96. The van der Waals surface area contributed by atoms with Crippen molar-refractivity contribution in [1.82, 2.24) is 0 Å². The summed E-state index contributed by atoms with van der Waals surface area (Å²) in [6.07, 6.45) is 1.82. The van der Waals surface area contributed by atoms with Gasteiger partial charge in [0.15, 0.2) is 9.84 Å². The molecule has 0 amide bonds. The highest BCUT2D eigenvalue weighted by molar-refractivity contribution is 7.90. The summed E-state index contributed by atoms with van der Waals surface area (Å²) in [5.41, 5.74) is 0.235. The Morgan fingerprint density at radius 1 is 1.45 bits per heavy atom. The Morgan fingerprint density at radius 2 is 2.15 bits per heavy atom. The average Bonchev–Trinajstić information content (AvgIpc) is 2.89. The average molecular weight is 300 g/mol. The molecule has 7 nitrogen and oxygen atoms in total. The molecule has 110 valence electrons. The highest BCUT2D eigenvalue weighted by Crippen LogP contribution is 2.30. The van der Waals surface area contributed by atoms with Gasteiger partial charge in [0, 0.05) is 31.7 Å². The van der Waals surface area contributed by atoms with Crippen molar-refractivity contribution in [3.63, 3.8) is 0 Å². The van der Waals surface area contributed by atoms with E-state index >= 15 is 0 Å². The van der Waals surface area contributed by atoms with Crippen molar-refractivity contribution in [3.8, 4) is 0 Å². The van der Waals surface area contributed by atoms with E-state index in [1.54, 1.807) is 6.07 Å². The van der Waals surface area contributed by atoms with Gasteiger partial charge in [-0.3, -0.25) is 10.1 Å². The third-order valence-corrected chi connectivity index (χ3v) is 4.53. The minimum Gasteiger partial charge on any atom is -0.379 e. The minimum atomic E-state index is -3.66. The molecule has 0 N–H and O–H groups in total. The smallest absolute Gasteiger partial charge is 0.288 e. The lowest BCUT2D eigenvalue weighted by atomic mass is 10.2. The molecular formula is C12H16N2O5S. The number of benzene rings is 1. The number of rotatable bonds is 4. The molecule has 0 aliphatic carbocycles. The standard InChI is InChI=1S/C12H16N2O5S/c1-13(10-5-6-19-8-10)9-3-4-11(14(15)16)12(7-9)20(2,17)18/h3-4,7,10H,5-6,8H2,1-2H3. The van der Waals surface area contributed by atoms with Gasteiger partial charge in [-0.1, -0.05) is 0 Å². The summed E-state index contributed by atoms with van der Waals surface area (Å²) in [7, 11) is -1.83. The van der Waals surface area contributed by atoms with Gasteiger partial charge in [-0.15, -0.1) is 0 Å². The zero-order valence-corrected chi connectivity index (χ0v) is 12.1. The molecule has 0 aromatic heterocycles. The Balaban J connectivity index is 2.44. The number of nitrogens with zero attached hydrogens (tertiary/aromatic N) is 2. The number of hydrogen-bond acceptors (Lipinski definition) is 6. The van der Waals surface area contributed by atoms with Crippen molar-refractivity contribution >= 4 is 21.2 Å². The van der Waals surface area contributed by atoms with E-state index < -0.39 is 20.4 Å². The van der Waals surface area contributed by atoms with Crippen LogP contribution in [0.25, 0.3) is 0 Å². The molecule has 1 aromatic carbocycles. The molecule has 1 fully saturated rings. The topological polar surface area (TPSA) is 89.8 Å². The zero-order chi connectivity index (χ0) is 14.9. The van der Waals surface area contributed by atoms with Crippen LogP contribution in [-0.2, 0) is 14.6 Å². The number of ether oxygens (including phenoxy) is 1. The van der Waals surface area contributed by atoms with Gasteiger partial charge in [0.1, 0.15) is 4.90 Å². The summed E-state index contributed by atoms with van der Waals surface area (Å²) < 4.78 is 28.7. The molecule has 20 heavy (non-hydrogen) atoms. The molecule has 0 bridgehead atoms. The summed E-state index contributed by atoms with van der Waals surface area (Å²) in [4.78, 5) is 11.9. The molecule has 1 aliphatic rings. The SMILES string of the molecule is CN(c1ccc([N+](=O)[O-])c(S(C)(=O)=O)c1)C1CCOC1. The van der Waals surface area contributed by atoms with Crippen molar-refractivity contribution in [2.24, 2.45) is 0 Å². The number of hydrogen-bond donors (Lipinski definition) is 0. The van der Waals surface area contributed by atoms with Crippen LogP contribution in [0.2, 0.25) is 0 Å². The van der Waals surface area contributed by atoms with E-state index in [-0.39, 0.29) is 10.9 Å². The lowest BCUT2D eigenvalue weighted by molar-refractivity contribution is -0.387. The summed E-state index contributed by atoms with van der Waals surface area (Å²) in [5, 5.41) is 10.9. The first-order valence-electron chi connectivity index (χ1n) is 6.10. The molecule has 1 saturated heterocycles. The fraction of sp³-hybridized carbons (Fsp3) is 0.500. The van der Waals surface area contributed by atoms with Crippen molar-refractivity contribution in [3.05, 3.63) is 28.3 Å². The molecule has 1 unspecified atom stereocenters. The first-order chi connectivity index (χ1) is 9.30. The molecule has 8 heteroatoms. The van der Waals surface area contributed by atoms with Gasteiger partial charge in [0.25, 0.3) is 5.69 Å². The molecule has 1 aliphatic heterocycles. The molecule has 2 rings (SSSR count). The maximum absolute atomic E-state index is 11.7. The molecule has 0 radical (unpaired) electrons. The van der Waals surface area contributed by atoms with Crippen LogP contribution in [0.4, 0.5) is 11.4 Å². The summed E-state index contributed by atoms with van der Waals surface area (Å²) in [6, 6.07) is 4.30. The van der Waals surface area contributed by atoms with Crippen molar-refractivity contribution in [2.75, 3.05) is 31.4 Å². The summed E-state index contributed by atoms with van der Waals surface area (Å²) >= 11 is 0. The van der Waals surface area contributed by atoms with E-state index in [1.807, 2.05) is 11.9 Å². The first-order valence-corrected chi connectivity index (χ1v) is 7.99. The number of likely N-dealkylation sites (N-methyl/N-ethyl adjacent to an activating group) is 1. The maximum Gasteiger partial charge on any atom is 0.288 e. The predicted molar refractivity (Wildman–Crippen MR) is 73.8 cm³/mol. The Labute approximate surface area is 117 Å². The van der Waals surface area contributed by atoms with Gasteiger partial charge in [-0.05, 0) is 18.6 Å². The van der Waals surface area contributed by atoms with Crippen LogP contribution >= 0.6 is 0 Å². The fourth-order valence-electron chi connectivity index (χ4n) is 2.21. The molecule has 0 spiro atoms. The second-order valence-corrected chi connectivity index (χ2v) is 6.79. The van der Waals surface area contributed by atoms with Gasteiger partial charge in [0.2, 0.25) is 0 Å². The summed E-state index contributed by atoms with van der Waals surface area (Å²) in [5.74, 6) is 0. The van der Waals surface area contributed by atoms with E-state index in [0.29, 0.717) is 18.9 Å². The monoisotopic (exact) mass is 300 g/mol. The van der Waals surface area contributed by atoms with Gasteiger partial charge >= 0.3 is 0 Å². The molecule has 1 atom stereocenters. The van der Waals surface area contributed by atoms with E-state index in [0.717, 1.165) is 12.7 Å². The predicted octanol–water partition coefficient (Wildman–Crippen LogP) is 1.22. The van der Waals surface area contributed by atoms with Gasteiger partial charge < -0.3 is 9.64 Å². The summed E-state index contributed by atoms with van der Waals surface area (Å²) in [6.45, 7) is 1.24. The molecule has 0 saturated carbocycles. The highest BCUT2D eigenvalue weighted by Gasteiger charge is 2.26. The van der Waals surface area contributed by atoms with E-state index in [2.05, 4.69) is 0 Å². The molecule has 1 aromatic rings. The van der Waals surface area contributed by atoms with Crippen LogP contribution in [-0.4, -0.2) is 45.9 Å². The van der Waals surface area contributed by atoms with Gasteiger partial charge in [-0.25, -0.2) is 8.42 Å². The van der Waals surface area contributed by atoms with E-state index in [4.69, 9.17) is 4.74 Å². The van der Waals surface area contributed by atoms with Gasteiger partial charge in [-0.2, -0.15) is 0 Å². The normalized spacial score (nSPS) is 19.0. The Morgan fingerprint density at radius 3 is 2.65 bits per heavy atom. The Bertz CT molecular complexity index is 623. The fourth-order valence-corrected chi connectivity index (χ4v) is 3.07. The second-order valence-electron chi connectivity index (χ2n) is 4.81. The largest absolute Gasteiger partial charge is 0.379 e. The molecular weight excluding hydrogens is 284 g/mol. The third-order valence-electron chi connectivity index (χ3n) is 3.40. The number of nitro groups is 1. The van der Waals surface area contributed by atoms with Crippen LogP contribution in [0, 0.1) is 10.1 Å². The van der Waals surface area contributed by atoms with Crippen LogP contribution in [0.3, 0.4) is 0 Å². The zero-order valence-electron chi connectivity index (χ0n) is 11.3. The lowest BCUT2D eigenvalue weighted by Gasteiger charge is -2.25. The quantitative estimate of drug-likeness (QED) is 0.613. The third kappa shape index (κ3) is 2.91. The van der Waals surface area contributed by atoms with Gasteiger partial charge in [0.05, 0.1) is 17.6 Å². The minimum absolute atomic E-state index is 0.156. The highest BCUT2D eigenvalue weighted by atomic mass is 32.2. The van der Waals surface area contributed by atoms with Crippen LogP contribution < -0.4 is 4.90 Å². The second kappa shape index (κ2) is 5.37. The number of nitro benzene ring substituents is 1.